The van der Waals surface area contributed by atoms with Crippen molar-refractivity contribution in [2.24, 2.45) is 5.92 Å². The lowest BCUT2D eigenvalue weighted by atomic mass is 10.1. The van der Waals surface area contributed by atoms with Gasteiger partial charge in [-0.1, -0.05) is 25.2 Å². The Balaban J connectivity index is 2.03. The first-order valence-corrected chi connectivity index (χ1v) is 9.22. The number of carbonyl (C=O) groups is 2. The number of aromatic nitrogens is 2. The average molecular weight is 353 g/mol. The lowest BCUT2D eigenvalue weighted by Gasteiger charge is -2.25. The van der Waals surface area contributed by atoms with Gasteiger partial charge in [-0.3, -0.25) is 14.5 Å². The van der Waals surface area contributed by atoms with Crippen LogP contribution < -0.4 is 4.90 Å². The fourth-order valence-electron chi connectivity index (χ4n) is 2.63. The van der Waals surface area contributed by atoms with Crippen LogP contribution in [0.2, 0.25) is 0 Å². The van der Waals surface area contributed by atoms with Crippen molar-refractivity contribution in [2.45, 2.75) is 33.1 Å². The molecule has 1 fully saturated rings. The van der Waals surface area contributed by atoms with Crippen LogP contribution >= 0.6 is 11.3 Å². The van der Waals surface area contributed by atoms with E-state index in [-0.39, 0.29) is 30.1 Å². The minimum atomic E-state index is -0.286. The van der Waals surface area contributed by atoms with Gasteiger partial charge in [0.15, 0.2) is 0 Å². The predicted molar refractivity (Wildman–Crippen MR) is 95.3 cm³/mol. The lowest BCUT2D eigenvalue weighted by molar-refractivity contribution is -0.135. The van der Waals surface area contributed by atoms with Crippen molar-refractivity contribution in [3.63, 3.8) is 0 Å². The van der Waals surface area contributed by atoms with Crippen LogP contribution in [0.4, 0.5) is 5.13 Å². The van der Waals surface area contributed by atoms with Crippen molar-refractivity contribution in [3.05, 3.63) is 5.01 Å². The Hall–Kier alpha value is -1.54. The van der Waals surface area contributed by atoms with E-state index >= 15 is 0 Å². The number of anilines is 1. The van der Waals surface area contributed by atoms with Gasteiger partial charge in [0.25, 0.3) is 0 Å². The van der Waals surface area contributed by atoms with E-state index < -0.39 is 0 Å². The van der Waals surface area contributed by atoms with E-state index in [1.165, 1.54) is 11.3 Å². The summed E-state index contributed by atoms with van der Waals surface area (Å²) in [7, 11) is 3.97. The van der Waals surface area contributed by atoms with Gasteiger partial charge >= 0.3 is 0 Å². The summed E-state index contributed by atoms with van der Waals surface area (Å²) in [6.07, 6.45) is 0.258. The maximum atomic E-state index is 12.7. The van der Waals surface area contributed by atoms with Crippen LogP contribution in [0.25, 0.3) is 0 Å². The molecular weight excluding hydrogens is 326 g/mol. The van der Waals surface area contributed by atoms with Crippen LogP contribution in [0, 0.1) is 5.92 Å². The average Bonchev–Trinajstić information content (AvgIpc) is 3.13. The number of rotatable bonds is 7. The Kier molecular flexibility index (Phi) is 6.28. The number of hydrogen-bond acceptors (Lipinski definition) is 6. The second-order valence-electron chi connectivity index (χ2n) is 6.70. The number of hydrogen-bond donors (Lipinski definition) is 0. The highest BCUT2D eigenvalue weighted by Crippen LogP contribution is 2.31. The standard InChI is InChI=1S/C16H27N5O2S/c1-6-20(8-7-19(4)5)15(23)12-9-13(22)21(10-12)16-18-17-14(24-16)11(2)3/h11-12H,6-10H2,1-5H3. The quantitative estimate of drug-likeness (QED) is 0.742. The molecule has 2 rings (SSSR count). The summed E-state index contributed by atoms with van der Waals surface area (Å²) in [6, 6.07) is 0. The summed E-state index contributed by atoms with van der Waals surface area (Å²) in [5.41, 5.74) is 0. The monoisotopic (exact) mass is 353 g/mol. The molecule has 7 nitrogen and oxygen atoms in total. The molecule has 1 unspecified atom stereocenters. The van der Waals surface area contributed by atoms with E-state index in [0.717, 1.165) is 11.6 Å². The molecule has 0 aliphatic carbocycles. The Morgan fingerprint density at radius 3 is 2.58 bits per heavy atom. The molecule has 1 aromatic heterocycles. The Bertz CT molecular complexity index is 587. The summed E-state index contributed by atoms with van der Waals surface area (Å²) in [4.78, 5) is 30.6. The maximum Gasteiger partial charge on any atom is 0.229 e. The van der Waals surface area contributed by atoms with E-state index in [0.29, 0.717) is 24.8 Å². The first kappa shape index (κ1) is 18.8. The molecule has 24 heavy (non-hydrogen) atoms. The Labute approximate surface area is 147 Å². The predicted octanol–water partition coefficient (Wildman–Crippen LogP) is 1.42. The summed E-state index contributed by atoms with van der Waals surface area (Å²) >= 11 is 1.44. The normalized spacial score (nSPS) is 18.0. The molecule has 0 N–H and O–H groups in total. The molecular formula is C16H27N5O2S. The van der Waals surface area contributed by atoms with E-state index in [4.69, 9.17) is 0 Å². The molecule has 1 aromatic rings. The van der Waals surface area contributed by atoms with Gasteiger partial charge in [-0.25, -0.2) is 0 Å². The minimum Gasteiger partial charge on any atom is -0.341 e. The van der Waals surface area contributed by atoms with Crippen molar-refractivity contribution in [3.8, 4) is 0 Å². The van der Waals surface area contributed by atoms with Crippen molar-refractivity contribution in [2.75, 3.05) is 45.2 Å². The summed E-state index contributed by atoms with van der Waals surface area (Å²) in [5.74, 6) is 0.0197. The second kappa shape index (κ2) is 8.02. The smallest absolute Gasteiger partial charge is 0.229 e. The Morgan fingerprint density at radius 1 is 1.33 bits per heavy atom. The van der Waals surface area contributed by atoms with Gasteiger partial charge in [0.1, 0.15) is 5.01 Å². The molecule has 0 saturated carbocycles. The van der Waals surface area contributed by atoms with Gasteiger partial charge in [-0.05, 0) is 21.0 Å². The van der Waals surface area contributed by atoms with Gasteiger partial charge in [-0.15, -0.1) is 10.2 Å². The second-order valence-corrected chi connectivity index (χ2v) is 7.69. The van der Waals surface area contributed by atoms with Crippen LogP contribution in [-0.2, 0) is 9.59 Å². The van der Waals surface area contributed by atoms with Gasteiger partial charge in [0.05, 0.1) is 5.92 Å². The molecule has 8 heteroatoms. The van der Waals surface area contributed by atoms with Gasteiger partial charge in [0, 0.05) is 38.5 Å². The van der Waals surface area contributed by atoms with Crippen molar-refractivity contribution in [1.82, 2.24) is 20.0 Å². The molecule has 1 aliphatic heterocycles. The first-order chi connectivity index (χ1) is 11.3. The highest BCUT2D eigenvalue weighted by atomic mass is 32.1. The van der Waals surface area contributed by atoms with Gasteiger partial charge < -0.3 is 9.80 Å². The maximum absolute atomic E-state index is 12.7. The highest BCUT2D eigenvalue weighted by molar-refractivity contribution is 7.15. The molecule has 1 saturated heterocycles. The molecule has 0 radical (unpaired) electrons. The number of amides is 2. The summed E-state index contributed by atoms with van der Waals surface area (Å²) < 4.78 is 0. The zero-order chi connectivity index (χ0) is 17.9. The third kappa shape index (κ3) is 4.30. The molecule has 2 heterocycles. The van der Waals surface area contributed by atoms with E-state index in [1.54, 1.807) is 4.90 Å². The number of likely N-dealkylation sites (N-methyl/N-ethyl adjacent to an activating group) is 2. The third-order valence-corrected chi connectivity index (χ3v) is 5.39. The van der Waals surface area contributed by atoms with Crippen LogP contribution in [0.1, 0.15) is 38.1 Å². The van der Waals surface area contributed by atoms with Gasteiger partial charge in [0.2, 0.25) is 16.9 Å². The first-order valence-electron chi connectivity index (χ1n) is 8.40. The van der Waals surface area contributed by atoms with E-state index in [1.807, 2.05) is 39.8 Å². The fourth-order valence-corrected chi connectivity index (χ4v) is 3.50. The summed E-state index contributed by atoms with van der Waals surface area (Å²) in [5, 5.41) is 9.79. The molecule has 134 valence electrons. The van der Waals surface area contributed by atoms with Crippen LogP contribution in [0.3, 0.4) is 0 Å². The molecule has 1 atom stereocenters. The largest absolute Gasteiger partial charge is 0.341 e. The molecule has 2 amide bonds. The van der Waals surface area contributed by atoms with Crippen LogP contribution in [0.5, 0.6) is 0 Å². The van der Waals surface area contributed by atoms with Crippen LogP contribution in [-0.4, -0.2) is 72.1 Å². The molecule has 1 aliphatic rings. The zero-order valence-corrected chi connectivity index (χ0v) is 16.0. The van der Waals surface area contributed by atoms with Crippen molar-refractivity contribution in [1.29, 1.82) is 0 Å². The Morgan fingerprint density at radius 2 is 2.04 bits per heavy atom. The fraction of sp³-hybridized carbons (Fsp3) is 0.750. The summed E-state index contributed by atoms with van der Waals surface area (Å²) in [6.45, 7) is 8.64. The van der Waals surface area contributed by atoms with E-state index in [2.05, 4.69) is 15.1 Å². The lowest BCUT2D eigenvalue weighted by Crippen LogP contribution is -2.40. The van der Waals surface area contributed by atoms with Crippen LogP contribution in [0.15, 0.2) is 0 Å². The zero-order valence-electron chi connectivity index (χ0n) is 15.2. The van der Waals surface area contributed by atoms with Crippen molar-refractivity contribution < 1.29 is 9.59 Å². The topological polar surface area (TPSA) is 69.6 Å². The molecule has 0 bridgehead atoms. The molecule has 0 spiro atoms. The van der Waals surface area contributed by atoms with Crippen molar-refractivity contribution >= 4 is 28.3 Å². The van der Waals surface area contributed by atoms with E-state index in [9.17, 15) is 9.59 Å². The highest BCUT2D eigenvalue weighted by Gasteiger charge is 2.38. The minimum absolute atomic E-state index is 0.0385. The SMILES string of the molecule is CCN(CCN(C)C)C(=O)C1CC(=O)N(c2nnc(C(C)C)s2)C1. The number of nitrogens with zero attached hydrogens (tertiary/aromatic N) is 5. The third-order valence-electron chi connectivity index (χ3n) is 4.14. The molecule has 0 aromatic carbocycles. The number of carbonyl (C=O) groups excluding carboxylic acids is 2. The van der Waals surface area contributed by atoms with Gasteiger partial charge in [-0.2, -0.15) is 0 Å².